The summed E-state index contributed by atoms with van der Waals surface area (Å²) in [6, 6.07) is 0. The van der Waals surface area contributed by atoms with E-state index in [1.165, 1.54) is 0 Å². The van der Waals surface area contributed by atoms with Crippen LogP contribution < -0.4 is 0 Å². The van der Waals surface area contributed by atoms with Crippen LogP contribution in [0.5, 0.6) is 0 Å². The Balaban J connectivity index is 1.81. The number of ether oxygens (including phenoxy) is 2. The van der Waals surface area contributed by atoms with Crippen LogP contribution in [0.2, 0.25) is 0 Å². The summed E-state index contributed by atoms with van der Waals surface area (Å²) in [7, 11) is 0. The van der Waals surface area contributed by atoms with Gasteiger partial charge in [-0.15, -0.1) is 0 Å². The summed E-state index contributed by atoms with van der Waals surface area (Å²) >= 11 is 0. The van der Waals surface area contributed by atoms with Gasteiger partial charge in [0.1, 0.15) is 6.10 Å². The van der Waals surface area contributed by atoms with Crippen LogP contribution in [0.1, 0.15) is 26.7 Å². The average Bonchev–Trinajstić information content (AvgIpc) is 2.26. The molecular weight excluding hydrogens is 140 g/mol. The van der Waals surface area contributed by atoms with E-state index in [4.69, 9.17) is 9.47 Å². The molecule has 0 aromatic heterocycles. The fraction of sp³-hybridized carbons (Fsp3) is 1.00. The van der Waals surface area contributed by atoms with Gasteiger partial charge in [-0.3, -0.25) is 0 Å². The summed E-state index contributed by atoms with van der Waals surface area (Å²) in [4.78, 5) is 0. The van der Waals surface area contributed by atoms with Gasteiger partial charge in [0.2, 0.25) is 0 Å². The molecule has 2 fully saturated rings. The maximum absolute atomic E-state index is 5.65. The molecule has 64 valence electrons. The number of rotatable bonds is 2. The van der Waals surface area contributed by atoms with Crippen LogP contribution in [-0.2, 0) is 9.47 Å². The molecule has 2 aliphatic heterocycles. The first kappa shape index (κ1) is 7.56. The van der Waals surface area contributed by atoms with Gasteiger partial charge in [0.15, 0.2) is 0 Å². The molecule has 2 heterocycles. The lowest BCUT2D eigenvalue weighted by Gasteiger charge is -2.40. The first-order chi connectivity index (χ1) is 5.27. The van der Waals surface area contributed by atoms with Crippen molar-refractivity contribution in [3.05, 3.63) is 0 Å². The maximum Gasteiger partial charge on any atom is 0.110 e. The summed E-state index contributed by atoms with van der Waals surface area (Å²) in [5.41, 5.74) is 0. The van der Waals surface area contributed by atoms with Crippen LogP contribution in [0, 0.1) is 5.92 Å². The van der Waals surface area contributed by atoms with Crippen LogP contribution >= 0.6 is 0 Å². The third kappa shape index (κ3) is 1.30. The van der Waals surface area contributed by atoms with Gasteiger partial charge in [0.05, 0.1) is 12.2 Å². The third-order valence-electron chi connectivity index (χ3n) is 2.50. The van der Waals surface area contributed by atoms with Crippen molar-refractivity contribution in [1.82, 2.24) is 0 Å². The monoisotopic (exact) mass is 156 g/mol. The summed E-state index contributed by atoms with van der Waals surface area (Å²) in [5.74, 6) is 0.727. The lowest BCUT2D eigenvalue weighted by atomic mass is 9.93. The first-order valence-electron chi connectivity index (χ1n) is 4.54. The predicted molar refractivity (Wildman–Crippen MR) is 42.5 cm³/mol. The molecule has 0 aromatic rings. The van der Waals surface area contributed by atoms with Gasteiger partial charge in [0, 0.05) is 6.61 Å². The molecular formula is C9H16O2. The van der Waals surface area contributed by atoms with E-state index in [0.717, 1.165) is 25.4 Å². The maximum atomic E-state index is 5.65. The second-order valence-electron chi connectivity index (χ2n) is 3.97. The molecule has 0 saturated carbocycles. The van der Waals surface area contributed by atoms with E-state index in [0.29, 0.717) is 18.3 Å². The minimum Gasteiger partial charge on any atom is -0.373 e. The van der Waals surface area contributed by atoms with Gasteiger partial charge in [-0.25, -0.2) is 0 Å². The van der Waals surface area contributed by atoms with Gasteiger partial charge < -0.3 is 9.47 Å². The molecule has 0 aromatic carbocycles. The Morgan fingerprint density at radius 3 is 2.91 bits per heavy atom. The third-order valence-corrected chi connectivity index (χ3v) is 2.50. The first-order valence-corrected chi connectivity index (χ1v) is 4.54. The second-order valence-corrected chi connectivity index (χ2v) is 3.97. The molecule has 0 unspecified atom stereocenters. The molecule has 2 heteroatoms. The molecule has 0 amide bonds. The highest BCUT2D eigenvalue weighted by molar-refractivity contribution is 4.93. The van der Waals surface area contributed by atoms with E-state index in [1.54, 1.807) is 0 Å². The fourth-order valence-electron chi connectivity index (χ4n) is 1.95. The highest BCUT2D eigenvalue weighted by Gasteiger charge is 2.46. The largest absolute Gasteiger partial charge is 0.373 e. The highest BCUT2D eigenvalue weighted by atomic mass is 16.6. The predicted octanol–water partition coefficient (Wildman–Crippen LogP) is 1.59. The van der Waals surface area contributed by atoms with E-state index < -0.39 is 0 Å². The average molecular weight is 156 g/mol. The Bertz CT molecular complexity index is 144. The van der Waals surface area contributed by atoms with Crippen molar-refractivity contribution in [2.45, 2.75) is 45.0 Å². The van der Waals surface area contributed by atoms with Crippen molar-refractivity contribution in [2.75, 3.05) is 6.61 Å². The molecule has 0 N–H and O–H groups in total. The van der Waals surface area contributed by atoms with Gasteiger partial charge in [-0.2, -0.15) is 0 Å². The van der Waals surface area contributed by atoms with E-state index in [9.17, 15) is 0 Å². The van der Waals surface area contributed by atoms with Crippen LogP contribution in [0.3, 0.4) is 0 Å². The molecule has 0 aliphatic carbocycles. The zero-order chi connectivity index (χ0) is 7.84. The molecule has 0 spiro atoms. The van der Waals surface area contributed by atoms with E-state index in [1.807, 2.05) is 0 Å². The normalized spacial score (nSPS) is 42.3. The zero-order valence-corrected chi connectivity index (χ0v) is 7.25. The van der Waals surface area contributed by atoms with Crippen molar-refractivity contribution in [2.24, 2.45) is 5.92 Å². The van der Waals surface area contributed by atoms with Crippen molar-refractivity contribution < 1.29 is 9.47 Å². The Hall–Kier alpha value is -0.0800. The van der Waals surface area contributed by atoms with Crippen LogP contribution in [0.4, 0.5) is 0 Å². The molecule has 2 rings (SSSR count). The Morgan fingerprint density at radius 2 is 2.27 bits per heavy atom. The van der Waals surface area contributed by atoms with Gasteiger partial charge >= 0.3 is 0 Å². The standard InChI is InChI=1S/C9H16O2/c1-6(2)5-8-9-7(11-8)3-4-10-9/h6-9H,3-5H2,1-2H3/t7-,8+,9+/m1/s1. The van der Waals surface area contributed by atoms with E-state index in [2.05, 4.69) is 13.8 Å². The summed E-state index contributed by atoms with van der Waals surface area (Å²) in [6.45, 7) is 5.36. The Kier molecular flexibility index (Phi) is 1.90. The van der Waals surface area contributed by atoms with Crippen molar-refractivity contribution in [3.8, 4) is 0 Å². The zero-order valence-electron chi connectivity index (χ0n) is 7.25. The fourth-order valence-corrected chi connectivity index (χ4v) is 1.95. The molecule has 2 aliphatic rings. The summed E-state index contributed by atoms with van der Waals surface area (Å²) < 4.78 is 11.2. The lowest BCUT2D eigenvalue weighted by molar-refractivity contribution is -0.203. The number of hydrogen-bond donors (Lipinski definition) is 0. The minimum absolute atomic E-state index is 0.405. The quantitative estimate of drug-likeness (QED) is 0.604. The van der Waals surface area contributed by atoms with E-state index >= 15 is 0 Å². The van der Waals surface area contributed by atoms with Crippen LogP contribution in [0.25, 0.3) is 0 Å². The highest BCUT2D eigenvalue weighted by Crippen LogP contribution is 2.35. The second kappa shape index (κ2) is 2.76. The minimum atomic E-state index is 0.405. The topological polar surface area (TPSA) is 18.5 Å². The summed E-state index contributed by atoms with van der Waals surface area (Å²) in [6.07, 6.45) is 3.55. The van der Waals surface area contributed by atoms with Crippen LogP contribution in [-0.4, -0.2) is 24.9 Å². The summed E-state index contributed by atoms with van der Waals surface area (Å²) in [5, 5.41) is 0. The van der Waals surface area contributed by atoms with Crippen molar-refractivity contribution in [3.63, 3.8) is 0 Å². The Morgan fingerprint density at radius 1 is 1.45 bits per heavy atom. The van der Waals surface area contributed by atoms with Crippen molar-refractivity contribution in [1.29, 1.82) is 0 Å². The molecule has 11 heavy (non-hydrogen) atoms. The number of fused-ring (bicyclic) bond motifs is 1. The van der Waals surface area contributed by atoms with Gasteiger partial charge in [0.25, 0.3) is 0 Å². The molecule has 0 bridgehead atoms. The van der Waals surface area contributed by atoms with E-state index in [-0.39, 0.29) is 0 Å². The van der Waals surface area contributed by atoms with Gasteiger partial charge in [-0.1, -0.05) is 13.8 Å². The van der Waals surface area contributed by atoms with Crippen LogP contribution in [0.15, 0.2) is 0 Å². The molecule has 3 atom stereocenters. The van der Waals surface area contributed by atoms with Gasteiger partial charge in [-0.05, 0) is 18.8 Å². The molecule has 0 radical (unpaired) electrons. The molecule has 2 saturated heterocycles. The number of hydrogen-bond acceptors (Lipinski definition) is 2. The smallest absolute Gasteiger partial charge is 0.110 e. The lowest BCUT2D eigenvalue weighted by Crippen LogP contribution is -2.51. The Labute approximate surface area is 67.9 Å². The molecule has 2 nitrogen and oxygen atoms in total. The van der Waals surface area contributed by atoms with Crippen molar-refractivity contribution >= 4 is 0 Å². The SMILES string of the molecule is CC(C)C[C@@H]1O[C@@H]2CCO[C@H]12.